The highest BCUT2D eigenvalue weighted by Crippen LogP contribution is 2.36. The molecule has 5 rings (SSSR count). The number of rotatable bonds is 6. The van der Waals surface area contributed by atoms with Crippen LogP contribution in [0.15, 0.2) is 47.1 Å². The van der Waals surface area contributed by atoms with Gasteiger partial charge in [0.2, 0.25) is 5.88 Å². The molecule has 0 bridgehead atoms. The number of ether oxygens (including phenoxy) is 1. The first-order valence-electron chi connectivity index (χ1n) is 11.8. The zero-order chi connectivity index (χ0) is 26.9. The normalized spacial score (nSPS) is 18.3. The number of hydrogen-bond donors (Lipinski definition) is 0. The second kappa shape index (κ2) is 10.6. The van der Waals surface area contributed by atoms with Crippen LogP contribution in [-0.4, -0.2) is 46.2 Å². The number of amides is 1. The SMILES string of the molecule is O=C(COc1ncccc1C(F)(F)F)N1CCC(c2nc(C3=NOC(c4c(F)cccc4F)C3)cs2)CC1. The van der Waals surface area contributed by atoms with Crippen molar-refractivity contribution in [3.63, 3.8) is 0 Å². The Bertz CT molecular complexity index is 1330. The van der Waals surface area contributed by atoms with Crippen molar-refractivity contribution in [2.45, 2.75) is 37.5 Å². The largest absolute Gasteiger partial charge is 0.467 e. The molecule has 1 saturated heterocycles. The van der Waals surface area contributed by atoms with Gasteiger partial charge in [0.25, 0.3) is 5.91 Å². The van der Waals surface area contributed by atoms with E-state index >= 15 is 0 Å². The molecule has 2 aliphatic rings. The van der Waals surface area contributed by atoms with Crippen molar-refractivity contribution >= 4 is 23.0 Å². The number of thiazole rings is 1. The van der Waals surface area contributed by atoms with Gasteiger partial charge < -0.3 is 14.5 Å². The molecule has 1 atom stereocenters. The lowest BCUT2D eigenvalue weighted by Crippen LogP contribution is -2.40. The molecule has 0 saturated carbocycles. The Kier molecular flexibility index (Phi) is 7.28. The van der Waals surface area contributed by atoms with E-state index in [1.54, 1.807) is 4.90 Å². The van der Waals surface area contributed by atoms with Gasteiger partial charge in [0, 0.05) is 37.0 Å². The molecule has 13 heteroatoms. The smallest absolute Gasteiger partial charge is 0.421 e. The molecule has 7 nitrogen and oxygen atoms in total. The van der Waals surface area contributed by atoms with Gasteiger partial charge >= 0.3 is 6.18 Å². The monoisotopic (exact) mass is 552 g/mol. The van der Waals surface area contributed by atoms with Crippen molar-refractivity contribution in [1.82, 2.24) is 14.9 Å². The summed E-state index contributed by atoms with van der Waals surface area (Å²) in [5.74, 6) is -2.37. The molecular formula is C25H21F5N4O3S. The maximum Gasteiger partial charge on any atom is 0.421 e. The molecule has 200 valence electrons. The fraction of sp³-hybridized carbons (Fsp3) is 0.360. The van der Waals surface area contributed by atoms with Gasteiger partial charge in [-0.15, -0.1) is 11.3 Å². The van der Waals surface area contributed by atoms with Crippen molar-refractivity contribution in [3.05, 3.63) is 75.4 Å². The van der Waals surface area contributed by atoms with E-state index in [9.17, 15) is 26.7 Å². The van der Waals surface area contributed by atoms with E-state index in [4.69, 9.17) is 9.57 Å². The lowest BCUT2D eigenvalue weighted by molar-refractivity contribution is -0.141. The third-order valence-electron chi connectivity index (χ3n) is 6.41. The van der Waals surface area contributed by atoms with Crippen LogP contribution in [0.3, 0.4) is 0 Å². The second-order valence-electron chi connectivity index (χ2n) is 8.84. The summed E-state index contributed by atoms with van der Waals surface area (Å²) in [6.45, 7) is 0.249. The number of aromatic nitrogens is 2. The number of alkyl halides is 3. The van der Waals surface area contributed by atoms with Crippen LogP contribution in [0.2, 0.25) is 0 Å². The van der Waals surface area contributed by atoms with Gasteiger partial charge in [0.1, 0.15) is 22.9 Å². The van der Waals surface area contributed by atoms with Crippen LogP contribution < -0.4 is 4.74 Å². The molecule has 3 aromatic rings. The van der Waals surface area contributed by atoms with Gasteiger partial charge in [-0.1, -0.05) is 11.2 Å². The third kappa shape index (κ3) is 5.47. The third-order valence-corrected chi connectivity index (χ3v) is 7.42. The summed E-state index contributed by atoms with van der Waals surface area (Å²) in [7, 11) is 0. The Morgan fingerprint density at radius 2 is 1.87 bits per heavy atom. The van der Waals surface area contributed by atoms with Crippen LogP contribution in [0, 0.1) is 11.6 Å². The zero-order valence-corrected chi connectivity index (χ0v) is 20.6. The lowest BCUT2D eigenvalue weighted by Gasteiger charge is -2.31. The van der Waals surface area contributed by atoms with E-state index in [0.29, 0.717) is 37.3 Å². The number of carbonyl (C=O) groups excluding carboxylic acids is 1. The maximum atomic E-state index is 14.1. The van der Waals surface area contributed by atoms with Gasteiger partial charge in [-0.3, -0.25) is 4.79 Å². The average Bonchev–Trinajstić information content (AvgIpc) is 3.57. The maximum absolute atomic E-state index is 14.1. The first-order chi connectivity index (χ1) is 18.2. The first-order valence-corrected chi connectivity index (χ1v) is 12.6. The minimum absolute atomic E-state index is 0.0778. The molecule has 0 N–H and O–H groups in total. The Morgan fingerprint density at radius 1 is 1.13 bits per heavy atom. The zero-order valence-electron chi connectivity index (χ0n) is 19.8. The number of piperidine rings is 1. The number of pyridine rings is 1. The number of carbonyl (C=O) groups is 1. The van der Waals surface area contributed by atoms with E-state index in [-0.39, 0.29) is 17.9 Å². The summed E-state index contributed by atoms with van der Waals surface area (Å²) in [6, 6.07) is 5.63. The summed E-state index contributed by atoms with van der Waals surface area (Å²) in [5, 5.41) is 6.65. The van der Waals surface area contributed by atoms with Gasteiger partial charge in [-0.05, 0) is 37.1 Å². The number of halogens is 5. The Hall–Kier alpha value is -3.61. The fourth-order valence-corrected chi connectivity index (χ4v) is 5.43. The summed E-state index contributed by atoms with van der Waals surface area (Å²) >= 11 is 1.43. The van der Waals surface area contributed by atoms with E-state index in [2.05, 4.69) is 15.1 Å². The number of oxime groups is 1. The number of nitrogens with zero attached hydrogens (tertiary/aromatic N) is 4. The van der Waals surface area contributed by atoms with Crippen LogP contribution in [-0.2, 0) is 15.8 Å². The molecule has 1 unspecified atom stereocenters. The number of benzene rings is 1. The first kappa shape index (κ1) is 26.0. The summed E-state index contributed by atoms with van der Waals surface area (Å²) in [4.78, 5) is 27.6. The highest BCUT2D eigenvalue weighted by molar-refractivity contribution is 7.10. The predicted octanol–water partition coefficient (Wildman–Crippen LogP) is 5.49. The summed E-state index contributed by atoms with van der Waals surface area (Å²) < 4.78 is 72.6. The second-order valence-corrected chi connectivity index (χ2v) is 9.73. The van der Waals surface area contributed by atoms with E-state index < -0.39 is 47.9 Å². The standard InChI is InChI=1S/C25H21F5N4O3S/c26-16-4-1-5-17(27)22(16)20-11-18(33-37-20)19-13-38-24(32-19)14-6-9-34(10-7-14)21(35)12-36-23-15(25(28,29)30)3-2-8-31-23/h1-5,8,13-14,20H,6-7,9-12H2. The topological polar surface area (TPSA) is 76.9 Å². The van der Waals surface area contributed by atoms with Gasteiger partial charge in [-0.25, -0.2) is 18.7 Å². The fourth-order valence-electron chi connectivity index (χ4n) is 4.43. The summed E-state index contributed by atoms with van der Waals surface area (Å²) in [6.07, 6.45) is -2.93. The van der Waals surface area contributed by atoms with Crippen molar-refractivity contribution in [3.8, 4) is 5.88 Å². The molecular weight excluding hydrogens is 531 g/mol. The molecule has 0 spiro atoms. The quantitative estimate of drug-likeness (QED) is 0.379. The highest BCUT2D eigenvalue weighted by atomic mass is 32.1. The van der Waals surface area contributed by atoms with Gasteiger partial charge in [0.05, 0.1) is 16.3 Å². The van der Waals surface area contributed by atoms with Crippen LogP contribution in [0.4, 0.5) is 22.0 Å². The number of hydrogen-bond acceptors (Lipinski definition) is 7. The number of likely N-dealkylation sites (tertiary alicyclic amines) is 1. The van der Waals surface area contributed by atoms with Crippen LogP contribution in [0.1, 0.15) is 53.1 Å². The molecule has 4 heterocycles. The van der Waals surface area contributed by atoms with E-state index in [1.807, 2.05) is 5.38 Å². The van der Waals surface area contributed by atoms with E-state index in [0.717, 1.165) is 17.1 Å². The molecule has 1 fully saturated rings. The molecule has 1 aromatic carbocycles. The van der Waals surface area contributed by atoms with E-state index in [1.165, 1.54) is 35.7 Å². The molecule has 1 amide bonds. The van der Waals surface area contributed by atoms with Gasteiger partial charge in [0.15, 0.2) is 12.7 Å². The molecule has 0 radical (unpaired) electrons. The van der Waals surface area contributed by atoms with Crippen molar-refractivity contribution in [2.24, 2.45) is 5.16 Å². The molecule has 38 heavy (non-hydrogen) atoms. The highest BCUT2D eigenvalue weighted by Gasteiger charge is 2.36. The predicted molar refractivity (Wildman–Crippen MR) is 127 cm³/mol. The average molecular weight is 553 g/mol. The summed E-state index contributed by atoms with van der Waals surface area (Å²) in [5.41, 5.74) is -0.126. The van der Waals surface area contributed by atoms with Crippen molar-refractivity contribution in [2.75, 3.05) is 19.7 Å². The minimum Gasteiger partial charge on any atom is -0.467 e. The minimum atomic E-state index is -4.64. The Balaban J connectivity index is 1.14. The van der Waals surface area contributed by atoms with Crippen LogP contribution >= 0.6 is 11.3 Å². The molecule has 0 aliphatic carbocycles. The van der Waals surface area contributed by atoms with Crippen molar-refractivity contribution in [1.29, 1.82) is 0 Å². The lowest BCUT2D eigenvalue weighted by atomic mass is 9.97. The molecule has 2 aliphatic heterocycles. The van der Waals surface area contributed by atoms with Gasteiger partial charge in [-0.2, -0.15) is 13.2 Å². The van der Waals surface area contributed by atoms with Crippen LogP contribution in [0.5, 0.6) is 5.88 Å². The Labute approximate surface area is 217 Å². The van der Waals surface area contributed by atoms with Crippen LogP contribution in [0.25, 0.3) is 0 Å². The Morgan fingerprint density at radius 3 is 2.58 bits per heavy atom. The molecule has 2 aromatic heterocycles. The van der Waals surface area contributed by atoms with Crippen molar-refractivity contribution < 1.29 is 36.3 Å².